The average Bonchev–Trinajstić information content (AvgIpc) is 2.71. The van der Waals surface area contributed by atoms with E-state index in [-0.39, 0.29) is 11.9 Å². The van der Waals surface area contributed by atoms with Crippen LogP contribution in [0.4, 0.5) is 0 Å². The molecular formula is C13H15ClN2O. The molecule has 90 valence electrons. The maximum absolute atomic E-state index is 11.8. The van der Waals surface area contributed by atoms with Crippen molar-refractivity contribution in [3.63, 3.8) is 0 Å². The fourth-order valence-electron chi connectivity index (χ4n) is 2.04. The molecule has 3 nitrogen and oxygen atoms in total. The van der Waals surface area contributed by atoms with Crippen molar-refractivity contribution in [2.24, 2.45) is 5.10 Å². The summed E-state index contributed by atoms with van der Waals surface area (Å²) in [5.74, 6) is 0.0340. The molecule has 0 aromatic heterocycles. The van der Waals surface area contributed by atoms with Crippen LogP contribution in [-0.2, 0) is 4.79 Å². The molecule has 1 aliphatic heterocycles. The number of hydrogen-bond donors (Lipinski definition) is 0. The third-order valence-electron chi connectivity index (χ3n) is 2.88. The molecule has 1 unspecified atom stereocenters. The molecule has 2 rings (SSSR count). The van der Waals surface area contributed by atoms with Gasteiger partial charge in [0.2, 0.25) is 5.91 Å². The maximum atomic E-state index is 11.8. The predicted octanol–water partition coefficient (Wildman–Crippen LogP) is 3.40. The summed E-state index contributed by atoms with van der Waals surface area (Å²) in [6.07, 6.45) is 1.22. The van der Waals surface area contributed by atoms with Crippen LogP contribution in [0.5, 0.6) is 0 Å². The smallest absolute Gasteiger partial charge is 0.242 e. The number of amides is 1. The number of halogens is 1. The van der Waals surface area contributed by atoms with Gasteiger partial charge in [-0.1, -0.05) is 36.7 Å². The highest BCUT2D eigenvalue weighted by Crippen LogP contribution is 2.34. The van der Waals surface area contributed by atoms with Gasteiger partial charge in [-0.05, 0) is 18.6 Å². The number of hydrazone groups is 1. The molecule has 0 fully saturated rings. The Bertz CT molecular complexity index is 470. The summed E-state index contributed by atoms with van der Waals surface area (Å²) in [6, 6.07) is 7.58. The maximum Gasteiger partial charge on any atom is 0.242 e. The highest BCUT2D eigenvalue weighted by molar-refractivity contribution is 6.31. The van der Waals surface area contributed by atoms with Crippen LogP contribution in [0.2, 0.25) is 5.02 Å². The summed E-state index contributed by atoms with van der Waals surface area (Å²) < 4.78 is 0. The van der Waals surface area contributed by atoms with Crippen LogP contribution in [0, 0.1) is 0 Å². The Morgan fingerprint density at radius 1 is 1.53 bits per heavy atom. The molecule has 1 aromatic rings. The van der Waals surface area contributed by atoms with E-state index in [1.54, 1.807) is 5.01 Å². The Hall–Kier alpha value is -1.35. The van der Waals surface area contributed by atoms with Crippen LogP contribution in [-0.4, -0.2) is 16.6 Å². The first kappa shape index (κ1) is 12.1. The quantitative estimate of drug-likeness (QED) is 0.792. The Labute approximate surface area is 106 Å². The first-order valence-corrected chi connectivity index (χ1v) is 6.11. The van der Waals surface area contributed by atoms with Crippen molar-refractivity contribution in [1.29, 1.82) is 0 Å². The van der Waals surface area contributed by atoms with Crippen LogP contribution in [0.3, 0.4) is 0 Å². The minimum atomic E-state index is -0.0452. The Balaban J connectivity index is 2.33. The van der Waals surface area contributed by atoms with Crippen molar-refractivity contribution in [1.82, 2.24) is 5.01 Å². The lowest BCUT2D eigenvalue weighted by Gasteiger charge is -2.22. The van der Waals surface area contributed by atoms with Gasteiger partial charge < -0.3 is 0 Å². The summed E-state index contributed by atoms with van der Waals surface area (Å²) in [5, 5.41) is 6.56. The monoisotopic (exact) mass is 250 g/mol. The molecular weight excluding hydrogens is 236 g/mol. The fraction of sp³-hybridized carbons (Fsp3) is 0.385. The lowest BCUT2D eigenvalue weighted by atomic mass is 10.0. The molecule has 1 heterocycles. The molecule has 0 N–H and O–H groups in total. The Kier molecular flexibility index (Phi) is 3.48. The Morgan fingerprint density at radius 3 is 2.88 bits per heavy atom. The van der Waals surface area contributed by atoms with Crippen molar-refractivity contribution in [2.45, 2.75) is 32.7 Å². The fourth-order valence-corrected chi connectivity index (χ4v) is 2.30. The number of rotatable bonds is 2. The molecule has 0 saturated heterocycles. The average molecular weight is 251 g/mol. The van der Waals surface area contributed by atoms with Gasteiger partial charge in [-0.25, -0.2) is 5.01 Å². The van der Waals surface area contributed by atoms with E-state index in [1.807, 2.05) is 38.1 Å². The van der Waals surface area contributed by atoms with Crippen LogP contribution in [0.1, 0.15) is 38.3 Å². The van der Waals surface area contributed by atoms with E-state index in [4.69, 9.17) is 11.6 Å². The minimum Gasteiger partial charge on any atom is -0.273 e. The number of nitrogens with zero attached hydrogens (tertiary/aromatic N) is 2. The molecule has 0 aliphatic carbocycles. The minimum absolute atomic E-state index is 0.0340. The largest absolute Gasteiger partial charge is 0.273 e. The third kappa shape index (κ3) is 2.34. The van der Waals surface area contributed by atoms with Crippen molar-refractivity contribution in [2.75, 3.05) is 0 Å². The summed E-state index contributed by atoms with van der Waals surface area (Å²) in [4.78, 5) is 11.8. The van der Waals surface area contributed by atoms with Gasteiger partial charge in [0.15, 0.2) is 0 Å². The van der Waals surface area contributed by atoms with Crippen molar-refractivity contribution in [3.8, 4) is 0 Å². The van der Waals surface area contributed by atoms with Crippen molar-refractivity contribution >= 4 is 23.2 Å². The van der Waals surface area contributed by atoms with Gasteiger partial charge in [0.25, 0.3) is 0 Å². The number of benzene rings is 1. The van der Waals surface area contributed by atoms with E-state index in [1.165, 1.54) is 0 Å². The summed E-state index contributed by atoms with van der Waals surface area (Å²) in [5.41, 5.74) is 1.94. The van der Waals surface area contributed by atoms with Gasteiger partial charge in [0.05, 0.1) is 6.04 Å². The normalized spacial score (nSPS) is 19.4. The van der Waals surface area contributed by atoms with Gasteiger partial charge >= 0.3 is 0 Å². The van der Waals surface area contributed by atoms with E-state index in [0.717, 1.165) is 17.7 Å². The second kappa shape index (κ2) is 4.88. The van der Waals surface area contributed by atoms with Gasteiger partial charge in [0.1, 0.15) is 0 Å². The zero-order chi connectivity index (χ0) is 12.4. The Morgan fingerprint density at radius 2 is 2.24 bits per heavy atom. The summed E-state index contributed by atoms with van der Waals surface area (Å²) >= 11 is 6.18. The number of carbonyl (C=O) groups excluding carboxylic acids is 1. The topological polar surface area (TPSA) is 32.7 Å². The van der Waals surface area contributed by atoms with E-state index < -0.39 is 0 Å². The second-order valence-corrected chi connectivity index (χ2v) is 4.58. The molecule has 17 heavy (non-hydrogen) atoms. The van der Waals surface area contributed by atoms with Crippen LogP contribution in [0.25, 0.3) is 0 Å². The van der Waals surface area contributed by atoms with Gasteiger partial charge in [-0.15, -0.1) is 0 Å². The molecule has 0 spiro atoms. The summed E-state index contributed by atoms with van der Waals surface area (Å²) in [7, 11) is 0. The molecule has 1 atom stereocenters. The molecule has 4 heteroatoms. The zero-order valence-electron chi connectivity index (χ0n) is 9.98. The predicted molar refractivity (Wildman–Crippen MR) is 69.1 cm³/mol. The van der Waals surface area contributed by atoms with E-state index in [0.29, 0.717) is 11.4 Å². The molecule has 0 saturated carbocycles. The van der Waals surface area contributed by atoms with Crippen LogP contribution >= 0.6 is 11.6 Å². The molecule has 0 bridgehead atoms. The van der Waals surface area contributed by atoms with E-state index in [2.05, 4.69) is 5.10 Å². The zero-order valence-corrected chi connectivity index (χ0v) is 10.7. The lowest BCUT2D eigenvalue weighted by molar-refractivity contribution is -0.132. The number of hydrogen-bond acceptors (Lipinski definition) is 2. The lowest BCUT2D eigenvalue weighted by Crippen LogP contribution is -2.26. The molecule has 1 amide bonds. The SMILES string of the molecule is CCC(=O)N1N=C(C)CC1c1ccccc1Cl. The van der Waals surface area contributed by atoms with Crippen molar-refractivity contribution < 1.29 is 4.79 Å². The highest BCUT2D eigenvalue weighted by Gasteiger charge is 2.31. The summed E-state index contributed by atoms with van der Waals surface area (Å²) in [6.45, 7) is 3.78. The molecule has 0 radical (unpaired) electrons. The molecule has 1 aliphatic rings. The third-order valence-corrected chi connectivity index (χ3v) is 3.23. The van der Waals surface area contributed by atoms with Gasteiger partial charge in [0, 0.05) is 23.6 Å². The first-order valence-electron chi connectivity index (χ1n) is 5.74. The van der Waals surface area contributed by atoms with Crippen molar-refractivity contribution in [3.05, 3.63) is 34.9 Å². The van der Waals surface area contributed by atoms with Gasteiger partial charge in [-0.2, -0.15) is 5.10 Å². The second-order valence-electron chi connectivity index (χ2n) is 4.17. The van der Waals surface area contributed by atoms with E-state index >= 15 is 0 Å². The van der Waals surface area contributed by atoms with E-state index in [9.17, 15) is 4.79 Å². The standard InChI is InChI=1S/C13H15ClN2O/c1-3-13(17)16-12(8-9(2)15-16)10-6-4-5-7-11(10)14/h4-7,12H,3,8H2,1-2H3. The first-order chi connectivity index (χ1) is 8.13. The van der Waals surface area contributed by atoms with Crippen LogP contribution < -0.4 is 0 Å². The molecule has 1 aromatic carbocycles. The van der Waals surface area contributed by atoms with Gasteiger partial charge in [-0.3, -0.25) is 4.79 Å². The highest BCUT2D eigenvalue weighted by atomic mass is 35.5. The number of carbonyl (C=O) groups is 1. The van der Waals surface area contributed by atoms with Crippen LogP contribution in [0.15, 0.2) is 29.4 Å².